The fourth-order valence-corrected chi connectivity index (χ4v) is 7.93. The molecule has 0 radical (unpaired) electrons. The van der Waals surface area contributed by atoms with Crippen LogP contribution in [0.4, 0.5) is 0 Å². The van der Waals surface area contributed by atoms with E-state index < -0.39 is 5.41 Å². The van der Waals surface area contributed by atoms with Crippen LogP contribution in [0.25, 0.3) is 16.3 Å². The van der Waals surface area contributed by atoms with Gasteiger partial charge in [-0.25, -0.2) is 0 Å². The second-order valence-electron chi connectivity index (χ2n) is 11.5. The monoisotopic (exact) mass is 512 g/mol. The first-order valence-electron chi connectivity index (χ1n) is 13.6. The number of carbonyl (C=O) groups excluding carboxylic acids is 1. The Kier molecular flexibility index (Phi) is 5.09. The van der Waals surface area contributed by atoms with Gasteiger partial charge in [0.2, 0.25) is 5.91 Å². The third-order valence-corrected chi connectivity index (χ3v) is 9.48. The zero-order chi connectivity index (χ0) is 26.9. The van der Waals surface area contributed by atoms with Gasteiger partial charge in [0, 0.05) is 23.5 Å². The first-order chi connectivity index (χ1) is 18.9. The minimum atomic E-state index is -0.504. The van der Waals surface area contributed by atoms with Crippen LogP contribution in [-0.2, 0) is 10.2 Å². The number of fused-ring (bicyclic) bond motifs is 6. The predicted molar refractivity (Wildman–Crippen MR) is 156 cm³/mol. The molecule has 0 heterocycles. The highest BCUT2D eigenvalue weighted by Crippen LogP contribution is 2.80. The van der Waals surface area contributed by atoms with Crippen molar-refractivity contribution in [2.75, 3.05) is 7.11 Å². The second kappa shape index (κ2) is 8.34. The maximum Gasteiger partial charge on any atom is 0.232 e. The summed E-state index contributed by atoms with van der Waals surface area (Å²) in [6, 6.07) is 29.8. The molecule has 4 heteroatoms. The number of nitrogens with one attached hydrogen (secondary N) is 2. The van der Waals surface area contributed by atoms with Crippen molar-refractivity contribution in [1.82, 2.24) is 10.6 Å². The summed E-state index contributed by atoms with van der Waals surface area (Å²) in [6.07, 6.45) is 2.75. The largest absolute Gasteiger partial charge is 0.497 e. The Bertz CT molecular complexity index is 1720. The van der Waals surface area contributed by atoms with Crippen molar-refractivity contribution < 1.29 is 9.53 Å². The Balaban J connectivity index is 1.11. The van der Waals surface area contributed by atoms with Crippen molar-refractivity contribution in [3.63, 3.8) is 0 Å². The van der Waals surface area contributed by atoms with Crippen LogP contribution in [-0.4, -0.2) is 13.0 Å². The summed E-state index contributed by atoms with van der Waals surface area (Å²) in [7, 11) is 1.68. The highest BCUT2D eigenvalue weighted by atomic mass is 16.5. The highest BCUT2D eigenvalue weighted by molar-refractivity contribution is 5.94. The molecule has 0 saturated heterocycles. The minimum Gasteiger partial charge on any atom is -0.497 e. The second-order valence-corrected chi connectivity index (χ2v) is 11.5. The van der Waals surface area contributed by atoms with Crippen molar-refractivity contribution in [3.05, 3.63) is 131 Å². The summed E-state index contributed by atoms with van der Waals surface area (Å²) >= 11 is 0. The molecule has 1 saturated carbocycles. The van der Waals surface area contributed by atoms with E-state index in [0.29, 0.717) is 11.7 Å². The molecule has 4 unspecified atom stereocenters. The molecule has 4 aromatic rings. The number of benzene rings is 4. The van der Waals surface area contributed by atoms with E-state index in [4.69, 9.17) is 4.74 Å². The van der Waals surface area contributed by atoms with Crippen molar-refractivity contribution in [1.29, 1.82) is 0 Å². The maximum atomic E-state index is 13.8. The average molecular weight is 513 g/mol. The number of amides is 1. The van der Waals surface area contributed by atoms with Gasteiger partial charge < -0.3 is 15.4 Å². The van der Waals surface area contributed by atoms with Gasteiger partial charge in [-0.15, -0.1) is 0 Å². The highest BCUT2D eigenvalue weighted by Gasteiger charge is 2.76. The third-order valence-electron chi connectivity index (χ3n) is 9.48. The summed E-state index contributed by atoms with van der Waals surface area (Å²) in [5.41, 5.74) is 7.26. The van der Waals surface area contributed by atoms with Crippen LogP contribution in [0.2, 0.25) is 0 Å². The van der Waals surface area contributed by atoms with Crippen LogP contribution in [0, 0.1) is 5.41 Å². The van der Waals surface area contributed by atoms with Gasteiger partial charge in [0.05, 0.1) is 12.5 Å². The maximum absolute atomic E-state index is 13.8. The SMILES string of the molecule is C=C(N/C=C(\C)c1cccc2cc(OC)ccc12)NC(=O)C1(C)CC23c4ccccc4C2c2ccccc2C13. The lowest BCUT2D eigenvalue weighted by Crippen LogP contribution is -2.65. The molecule has 0 aromatic heterocycles. The van der Waals surface area contributed by atoms with Crippen LogP contribution >= 0.6 is 0 Å². The summed E-state index contributed by atoms with van der Waals surface area (Å²) in [6.45, 7) is 8.30. The van der Waals surface area contributed by atoms with Gasteiger partial charge in [0.1, 0.15) is 11.6 Å². The summed E-state index contributed by atoms with van der Waals surface area (Å²) < 4.78 is 5.38. The van der Waals surface area contributed by atoms with E-state index >= 15 is 0 Å². The van der Waals surface area contributed by atoms with Gasteiger partial charge in [-0.1, -0.05) is 86.3 Å². The molecule has 4 atom stereocenters. The van der Waals surface area contributed by atoms with Gasteiger partial charge in [-0.05, 0) is 69.6 Å². The molecule has 3 aliphatic rings. The van der Waals surface area contributed by atoms with E-state index in [1.807, 2.05) is 24.4 Å². The van der Waals surface area contributed by atoms with Crippen LogP contribution in [0.5, 0.6) is 5.75 Å². The quantitative estimate of drug-likeness (QED) is 0.293. The van der Waals surface area contributed by atoms with Crippen molar-refractivity contribution >= 4 is 22.3 Å². The van der Waals surface area contributed by atoms with Crippen molar-refractivity contribution in [2.24, 2.45) is 5.41 Å². The Morgan fingerprint density at radius 3 is 2.51 bits per heavy atom. The molecular weight excluding hydrogens is 480 g/mol. The Morgan fingerprint density at radius 2 is 1.72 bits per heavy atom. The molecule has 39 heavy (non-hydrogen) atoms. The first kappa shape index (κ1) is 23.8. The molecule has 3 aliphatic carbocycles. The Labute approximate surface area is 229 Å². The van der Waals surface area contributed by atoms with Crippen molar-refractivity contribution in [3.8, 4) is 5.75 Å². The Hall–Kier alpha value is -4.31. The summed E-state index contributed by atoms with van der Waals surface area (Å²) in [5, 5.41) is 8.59. The molecule has 0 aliphatic heterocycles. The van der Waals surface area contributed by atoms with Crippen LogP contribution < -0.4 is 15.4 Å². The van der Waals surface area contributed by atoms with Crippen LogP contribution in [0.3, 0.4) is 0 Å². The molecule has 194 valence electrons. The number of hydrogen-bond acceptors (Lipinski definition) is 3. The minimum absolute atomic E-state index is 0.0266. The fraction of sp³-hybridized carbons (Fsp3) is 0.229. The van der Waals surface area contributed by atoms with E-state index in [-0.39, 0.29) is 17.2 Å². The van der Waals surface area contributed by atoms with Gasteiger partial charge in [0.25, 0.3) is 0 Å². The average Bonchev–Trinajstić information content (AvgIpc) is 3.15. The van der Waals surface area contributed by atoms with E-state index in [2.05, 4.69) is 97.8 Å². The predicted octanol–water partition coefficient (Wildman–Crippen LogP) is 6.98. The van der Waals surface area contributed by atoms with Gasteiger partial charge in [-0.2, -0.15) is 0 Å². The molecule has 4 nitrogen and oxygen atoms in total. The van der Waals surface area contributed by atoms with Gasteiger partial charge >= 0.3 is 0 Å². The lowest BCUT2D eigenvalue weighted by molar-refractivity contribution is -0.143. The lowest BCUT2D eigenvalue weighted by atomic mass is 9.36. The lowest BCUT2D eigenvalue weighted by Gasteiger charge is -2.65. The molecule has 7 rings (SSSR count). The molecule has 1 spiro atoms. The number of ether oxygens (including phenoxy) is 1. The van der Waals surface area contributed by atoms with Crippen LogP contribution in [0.1, 0.15) is 59.9 Å². The van der Waals surface area contributed by atoms with E-state index in [1.165, 1.54) is 22.3 Å². The normalized spacial score (nSPS) is 25.8. The number of rotatable bonds is 6. The molecule has 4 aromatic carbocycles. The zero-order valence-electron chi connectivity index (χ0n) is 22.5. The molecule has 1 amide bonds. The zero-order valence-corrected chi connectivity index (χ0v) is 22.5. The standard InChI is InChI=1S/C35H32N2O2/c1-21(25-14-9-10-23-18-24(39-4)16-17-26(23)25)19-36-22(2)37-33(38)34(3)20-35-30-15-8-7-13-29(30)31(35)27-11-5-6-12-28(27)32(34)35/h5-19,31-32,36H,2,20H2,1,3-4H3,(H,37,38)/b21-19+. The number of hydrogen-bond donors (Lipinski definition) is 2. The number of carbonyl (C=O) groups is 1. The molecule has 1 fully saturated rings. The van der Waals surface area contributed by atoms with E-state index in [1.54, 1.807) is 7.11 Å². The fourth-order valence-electron chi connectivity index (χ4n) is 7.93. The first-order valence-corrected chi connectivity index (χ1v) is 13.6. The van der Waals surface area contributed by atoms with Gasteiger partial charge in [-0.3, -0.25) is 4.79 Å². The summed E-state index contributed by atoms with van der Waals surface area (Å²) in [5.74, 6) is 1.91. The van der Waals surface area contributed by atoms with Gasteiger partial charge in [0.15, 0.2) is 0 Å². The molecule has 0 bridgehead atoms. The number of methoxy groups -OCH3 is 1. The smallest absolute Gasteiger partial charge is 0.232 e. The van der Waals surface area contributed by atoms with Crippen molar-refractivity contribution in [2.45, 2.75) is 37.5 Å². The third kappa shape index (κ3) is 3.15. The molecular formula is C35H32N2O2. The Morgan fingerprint density at radius 1 is 0.974 bits per heavy atom. The molecule has 2 N–H and O–H groups in total. The van der Waals surface area contributed by atoms with E-state index in [9.17, 15) is 4.79 Å². The topological polar surface area (TPSA) is 50.4 Å². The van der Waals surface area contributed by atoms with Crippen LogP contribution in [0.15, 0.2) is 104 Å². The van der Waals surface area contributed by atoms with E-state index in [0.717, 1.165) is 34.1 Å². The summed E-state index contributed by atoms with van der Waals surface area (Å²) in [4.78, 5) is 13.8. The number of allylic oxidation sites excluding steroid dienone is 1.